The van der Waals surface area contributed by atoms with E-state index in [4.69, 9.17) is 25.9 Å². The van der Waals surface area contributed by atoms with Crippen molar-refractivity contribution in [1.29, 1.82) is 10.7 Å². The summed E-state index contributed by atoms with van der Waals surface area (Å²) in [7, 11) is 2.44. The third-order valence-corrected chi connectivity index (χ3v) is 2.70. The van der Waals surface area contributed by atoms with Gasteiger partial charge in [-0.2, -0.15) is 23.5 Å². The minimum atomic E-state index is -4.65. The average molecular weight is 329 g/mol. The standard InChI is InChI=1S/C13H14F3N5O2/c1-22-12(23-2)8-4-3-7(5-9(8)13(14,15)16)20-21-10(6-17)11(18)19/h3-5,12,20H,1-2H3,(H3,18,19)/b21-10+. The number of rotatable bonds is 6. The lowest BCUT2D eigenvalue weighted by molar-refractivity contribution is -0.147. The molecule has 0 aliphatic carbocycles. The van der Waals surface area contributed by atoms with Crippen molar-refractivity contribution in [3.63, 3.8) is 0 Å². The van der Waals surface area contributed by atoms with Gasteiger partial charge in [-0.05, 0) is 12.1 Å². The predicted octanol–water partition coefficient (Wildman–Crippen LogP) is 2.22. The van der Waals surface area contributed by atoms with Crippen LogP contribution in [0.3, 0.4) is 0 Å². The Balaban J connectivity index is 3.25. The van der Waals surface area contributed by atoms with Crippen molar-refractivity contribution in [1.82, 2.24) is 0 Å². The number of benzene rings is 1. The second-order valence-corrected chi connectivity index (χ2v) is 4.20. The van der Waals surface area contributed by atoms with E-state index in [1.54, 1.807) is 6.07 Å². The van der Waals surface area contributed by atoms with Gasteiger partial charge in [-0.3, -0.25) is 10.8 Å². The molecule has 0 saturated carbocycles. The molecule has 0 radical (unpaired) electrons. The van der Waals surface area contributed by atoms with E-state index >= 15 is 0 Å². The first-order valence-corrected chi connectivity index (χ1v) is 6.09. The Kier molecular flexibility index (Phi) is 6.06. The highest BCUT2D eigenvalue weighted by Crippen LogP contribution is 2.37. The molecule has 0 aromatic heterocycles. The summed E-state index contributed by atoms with van der Waals surface area (Å²) >= 11 is 0. The van der Waals surface area contributed by atoms with E-state index < -0.39 is 29.6 Å². The van der Waals surface area contributed by atoms with Crippen molar-refractivity contribution >= 4 is 17.2 Å². The number of halogens is 3. The van der Waals surface area contributed by atoms with Crippen molar-refractivity contribution in [3.05, 3.63) is 29.3 Å². The summed E-state index contributed by atoms with van der Waals surface area (Å²) in [6, 6.07) is 4.80. The summed E-state index contributed by atoms with van der Waals surface area (Å²) in [5.41, 5.74) is 5.67. The fraction of sp³-hybridized carbons (Fsp3) is 0.308. The fourth-order valence-corrected chi connectivity index (χ4v) is 1.69. The number of amidine groups is 1. The summed E-state index contributed by atoms with van der Waals surface area (Å²) in [5, 5.41) is 19.2. The molecule has 0 heterocycles. The van der Waals surface area contributed by atoms with Gasteiger partial charge in [0.25, 0.3) is 0 Å². The molecule has 0 unspecified atom stereocenters. The number of hydrogen-bond donors (Lipinski definition) is 3. The molecule has 0 bridgehead atoms. The van der Waals surface area contributed by atoms with Crippen LogP contribution in [-0.2, 0) is 15.7 Å². The highest BCUT2D eigenvalue weighted by Gasteiger charge is 2.36. The maximum atomic E-state index is 13.2. The van der Waals surface area contributed by atoms with E-state index in [9.17, 15) is 13.2 Å². The molecule has 124 valence electrons. The van der Waals surface area contributed by atoms with E-state index in [1.807, 2.05) is 0 Å². The molecule has 0 amide bonds. The van der Waals surface area contributed by atoms with Crippen molar-refractivity contribution in [2.24, 2.45) is 10.8 Å². The molecule has 0 spiro atoms. The van der Waals surface area contributed by atoms with Gasteiger partial charge in [0.15, 0.2) is 12.1 Å². The van der Waals surface area contributed by atoms with Gasteiger partial charge in [0.2, 0.25) is 5.71 Å². The third kappa shape index (κ3) is 4.67. The summed E-state index contributed by atoms with van der Waals surface area (Å²) in [6.45, 7) is 0. The van der Waals surface area contributed by atoms with E-state index in [0.717, 1.165) is 12.1 Å². The van der Waals surface area contributed by atoms with Crippen LogP contribution in [0.1, 0.15) is 17.4 Å². The predicted molar refractivity (Wildman–Crippen MR) is 76.8 cm³/mol. The van der Waals surface area contributed by atoms with Crippen LogP contribution in [0.4, 0.5) is 18.9 Å². The van der Waals surface area contributed by atoms with E-state index in [-0.39, 0.29) is 11.3 Å². The number of methoxy groups -OCH3 is 2. The van der Waals surface area contributed by atoms with Crippen molar-refractivity contribution in [2.45, 2.75) is 12.5 Å². The van der Waals surface area contributed by atoms with Gasteiger partial charge in [0.05, 0.1) is 11.3 Å². The number of hydrazone groups is 1. The first-order chi connectivity index (χ1) is 10.7. The number of nitrogens with two attached hydrogens (primary N) is 1. The summed E-state index contributed by atoms with van der Waals surface area (Å²) in [6.07, 6.45) is -5.83. The normalized spacial score (nSPS) is 12.1. The van der Waals surface area contributed by atoms with Crippen molar-refractivity contribution in [2.75, 3.05) is 19.6 Å². The summed E-state index contributed by atoms with van der Waals surface area (Å²) in [4.78, 5) is 0. The van der Waals surface area contributed by atoms with E-state index in [2.05, 4.69) is 10.5 Å². The number of ether oxygens (including phenoxy) is 2. The topological polar surface area (TPSA) is 117 Å². The van der Waals surface area contributed by atoms with Crippen LogP contribution in [0.2, 0.25) is 0 Å². The molecule has 7 nitrogen and oxygen atoms in total. The SMILES string of the molecule is COC(OC)c1ccc(N/N=C(\C#N)C(=N)N)cc1C(F)(F)F. The highest BCUT2D eigenvalue weighted by atomic mass is 19.4. The summed E-state index contributed by atoms with van der Waals surface area (Å²) in [5.74, 6) is -0.605. The van der Waals surface area contributed by atoms with Crippen LogP contribution < -0.4 is 11.2 Å². The Morgan fingerprint density at radius 1 is 1.39 bits per heavy atom. The van der Waals surface area contributed by atoms with E-state index in [1.165, 1.54) is 20.3 Å². The second kappa shape index (κ2) is 7.57. The molecule has 0 fully saturated rings. The molecule has 4 N–H and O–H groups in total. The van der Waals surface area contributed by atoms with E-state index in [0.29, 0.717) is 0 Å². The highest BCUT2D eigenvalue weighted by molar-refractivity contribution is 6.45. The smallest absolute Gasteiger partial charge is 0.382 e. The Morgan fingerprint density at radius 2 is 2.00 bits per heavy atom. The number of nitriles is 1. The monoisotopic (exact) mass is 329 g/mol. The Bertz CT molecular complexity index is 648. The number of alkyl halides is 3. The molecule has 1 rings (SSSR count). The maximum Gasteiger partial charge on any atom is 0.416 e. The van der Waals surface area contributed by atoms with Crippen molar-refractivity contribution < 1.29 is 22.6 Å². The van der Waals surface area contributed by atoms with Crippen molar-refractivity contribution in [3.8, 4) is 6.07 Å². The van der Waals surface area contributed by atoms with Crippen LogP contribution in [0, 0.1) is 16.7 Å². The lowest BCUT2D eigenvalue weighted by Crippen LogP contribution is -2.22. The largest absolute Gasteiger partial charge is 0.416 e. The van der Waals surface area contributed by atoms with Crippen LogP contribution >= 0.6 is 0 Å². The number of nitrogens with one attached hydrogen (secondary N) is 2. The number of anilines is 1. The first-order valence-electron chi connectivity index (χ1n) is 6.09. The minimum Gasteiger partial charge on any atom is -0.382 e. The summed E-state index contributed by atoms with van der Waals surface area (Å²) < 4.78 is 49.2. The maximum absolute atomic E-state index is 13.2. The molecule has 0 saturated heterocycles. The zero-order valence-corrected chi connectivity index (χ0v) is 12.2. The Morgan fingerprint density at radius 3 is 2.43 bits per heavy atom. The Hall–Kier alpha value is -2.64. The first kappa shape index (κ1) is 18.4. The second-order valence-electron chi connectivity index (χ2n) is 4.20. The lowest BCUT2D eigenvalue weighted by atomic mass is 10.1. The van der Waals surface area contributed by atoms with Gasteiger partial charge < -0.3 is 15.2 Å². The minimum absolute atomic E-state index is 0.0407. The zero-order chi connectivity index (χ0) is 17.6. The molecule has 0 aliphatic rings. The number of nitrogens with zero attached hydrogens (tertiary/aromatic N) is 2. The third-order valence-electron chi connectivity index (χ3n) is 2.70. The molecule has 1 aromatic carbocycles. The molecular weight excluding hydrogens is 315 g/mol. The van der Waals surface area contributed by atoms with Gasteiger partial charge >= 0.3 is 6.18 Å². The molecule has 23 heavy (non-hydrogen) atoms. The van der Waals surface area contributed by atoms with Crippen LogP contribution in [0.15, 0.2) is 23.3 Å². The van der Waals surface area contributed by atoms with Crippen LogP contribution in [0.5, 0.6) is 0 Å². The van der Waals surface area contributed by atoms with Gasteiger partial charge in [-0.25, -0.2) is 0 Å². The quantitative estimate of drug-likeness (QED) is 0.320. The lowest BCUT2D eigenvalue weighted by Gasteiger charge is -2.20. The molecule has 0 atom stereocenters. The van der Waals surface area contributed by atoms with Crippen LogP contribution in [-0.4, -0.2) is 25.8 Å². The van der Waals surface area contributed by atoms with Gasteiger partial charge in [0, 0.05) is 19.8 Å². The average Bonchev–Trinajstić information content (AvgIpc) is 2.48. The molecule has 10 heteroatoms. The molecule has 0 aliphatic heterocycles. The molecule has 1 aromatic rings. The number of hydrogen-bond acceptors (Lipinski definition) is 6. The fourth-order valence-electron chi connectivity index (χ4n) is 1.69. The van der Waals surface area contributed by atoms with Crippen LogP contribution in [0.25, 0.3) is 0 Å². The Labute approximate surface area is 130 Å². The zero-order valence-electron chi connectivity index (χ0n) is 12.2. The molecular formula is C13H14F3N5O2. The van der Waals surface area contributed by atoms with Gasteiger partial charge in [0.1, 0.15) is 6.07 Å². The van der Waals surface area contributed by atoms with Gasteiger partial charge in [-0.15, -0.1) is 0 Å². The van der Waals surface area contributed by atoms with Gasteiger partial charge in [-0.1, -0.05) is 6.07 Å².